The van der Waals surface area contributed by atoms with E-state index >= 15 is 0 Å². The van der Waals surface area contributed by atoms with Gasteiger partial charge in [0.05, 0.1) is 12.1 Å². The van der Waals surface area contributed by atoms with Crippen molar-refractivity contribution in [3.8, 4) is 0 Å². The number of hydrogen-bond donors (Lipinski definition) is 2. The Morgan fingerprint density at radius 1 is 0.905 bits per heavy atom. The molecule has 0 bridgehead atoms. The Balaban J connectivity index is 2.26. The Bertz CT molecular complexity index is 985. The van der Waals surface area contributed by atoms with E-state index in [1.807, 2.05) is 54.5 Å². The van der Waals surface area contributed by atoms with E-state index in [0.717, 1.165) is 38.6 Å². The summed E-state index contributed by atoms with van der Waals surface area (Å²) in [6.07, 6.45) is 6.98. The number of carbonyl (C=O) groups is 4. The standard InChI is InChI=1S/C33H59N5O4/c1-12-24(7)34-29(39)26-17-15-19-38(26)31(41)23(6)20-27(21(2)3)36(11)32(42)28(33(8,9)10)35-30(40)25-16-13-14-18-37(25)22(4)5/h20-22,24-28H,12-19H2,1-11H3,(H,34,39)(H,35,40)/b23-20+/t24-,25?,26?,27-,28?/m1/s1. The van der Waals surface area contributed by atoms with E-state index < -0.39 is 17.5 Å². The number of carbonyl (C=O) groups excluding carboxylic acids is 4. The predicted molar refractivity (Wildman–Crippen MR) is 169 cm³/mol. The van der Waals surface area contributed by atoms with E-state index in [9.17, 15) is 19.2 Å². The first kappa shape index (κ1) is 35.8. The van der Waals surface area contributed by atoms with Gasteiger partial charge in [-0.15, -0.1) is 0 Å². The van der Waals surface area contributed by atoms with E-state index in [1.54, 1.807) is 23.8 Å². The number of rotatable bonds is 11. The average molecular weight is 590 g/mol. The van der Waals surface area contributed by atoms with Crippen molar-refractivity contribution in [2.24, 2.45) is 11.3 Å². The molecule has 0 saturated carbocycles. The van der Waals surface area contributed by atoms with Crippen molar-refractivity contribution in [1.82, 2.24) is 25.3 Å². The molecular weight excluding hydrogens is 530 g/mol. The fourth-order valence-electron chi connectivity index (χ4n) is 6.12. The Kier molecular flexibility index (Phi) is 13.1. The number of nitrogens with zero attached hydrogens (tertiary/aromatic N) is 3. The van der Waals surface area contributed by atoms with Gasteiger partial charge in [-0.2, -0.15) is 0 Å². The lowest BCUT2D eigenvalue weighted by Crippen LogP contribution is -2.60. The van der Waals surface area contributed by atoms with Crippen LogP contribution in [0.2, 0.25) is 0 Å². The third-order valence-electron chi connectivity index (χ3n) is 8.96. The van der Waals surface area contributed by atoms with Crippen molar-refractivity contribution >= 4 is 23.6 Å². The topological polar surface area (TPSA) is 102 Å². The highest BCUT2D eigenvalue weighted by molar-refractivity contribution is 5.97. The van der Waals surface area contributed by atoms with Crippen LogP contribution >= 0.6 is 0 Å². The van der Waals surface area contributed by atoms with Crippen LogP contribution in [0.5, 0.6) is 0 Å². The van der Waals surface area contributed by atoms with Gasteiger partial charge in [0.15, 0.2) is 0 Å². The summed E-state index contributed by atoms with van der Waals surface area (Å²) in [6, 6.07) is -1.49. The summed E-state index contributed by atoms with van der Waals surface area (Å²) in [5, 5.41) is 6.15. The van der Waals surface area contributed by atoms with Crippen LogP contribution in [0, 0.1) is 11.3 Å². The van der Waals surface area contributed by atoms with Crippen molar-refractivity contribution in [2.75, 3.05) is 20.1 Å². The second-order valence-electron chi connectivity index (χ2n) is 14.2. The number of likely N-dealkylation sites (tertiary alicyclic amines) is 2. The monoisotopic (exact) mass is 589 g/mol. The normalized spacial score (nSPS) is 22.6. The summed E-state index contributed by atoms with van der Waals surface area (Å²) < 4.78 is 0. The van der Waals surface area contributed by atoms with Crippen LogP contribution in [0.3, 0.4) is 0 Å². The molecule has 2 saturated heterocycles. The molecule has 2 N–H and O–H groups in total. The summed E-state index contributed by atoms with van der Waals surface area (Å²) in [7, 11) is 1.76. The van der Waals surface area contributed by atoms with Gasteiger partial charge in [-0.1, -0.05) is 54.0 Å². The number of amides is 4. The van der Waals surface area contributed by atoms with Crippen molar-refractivity contribution < 1.29 is 19.2 Å². The van der Waals surface area contributed by atoms with Crippen LogP contribution in [-0.2, 0) is 19.2 Å². The maximum Gasteiger partial charge on any atom is 0.249 e. The van der Waals surface area contributed by atoms with E-state index in [0.29, 0.717) is 18.5 Å². The van der Waals surface area contributed by atoms with Gasteiger partial charge >= 0.3 is 0 Å². The average Bonchev–Trinajstić information content (AvgIpc) is 3.42. The minimum absolute atomic E-state index is 0.0240. The van der Waals surface area contributed by atoms with Gasteiger partial charge < -0.3 is 20.4 Å². The molecule has 4 amide bonds. The van der Waals surface area contributed by atoms with Gasteiger partial charge in [0.1, 0.15) is 12.1 Å². The summed E-state index contributed by atoms with van der Waals surface area (Å²) in [6.45, 7) is 21.3. The second-order valence-corrected chi connectivity index (χ2v) is 14.2. The van der Waals surface area contributed by atoms with Gasteiger partial charge in [-0.3, -0.25) is 24.1 Å². The van der Waals surface area contributed by atoms with E-state index in [2.05, 4.69) is 29.4 Å². The van der Waals surface area contributed by atoms with Gasteiger partial charge in [-0.25, -0.2) is 0 Å². The number of hydrogen-bond acceptors (Lipinski definition) is 5. The van der Waals surface area contributed by atoms with Gasteiger partial charge in [0, 0.05) is 31.2 Å². The molecular formula is C33H59N5O4. The summed E-state index contributed by atoms with van der Waals surface area (Å²) in [5.41, 5.74) is 0.00271. The molecule has 5 atom stereocenters. The van der Waals surface area contributed by atoms with Gasteiger partial charge in [0.2, 0.25) is 23.6 Å². The third kappa shape index (κ3) is 9.04. The fraction of sp³-hybridized carbons (Fsp3) is 0.818. The lowest BCUT2D eigenvalue weighted by atomic mass is 9.84. The molecule has 2 heterocycles. The molecule has 0 radical (unpaired) electrons. The van der Waals surface area contributed by atoms with Crippen LogP contribution in [0.25, 0.3) is 0 Å². The summed E-state index contributed by atoms with van der Waals surface area (Å²) in [5.74, 6) is -0.520. The van der Waals surface area contributed by atoms with E-state index in [1.165, 1.54) is 0 Å². The Morgan fingerprint density at radius 3 is 2.05 bits per heavy atom. The van der Waals surface area contributed by atoms with Crippen LogP contribution in [0.15, 0.2) is 11.6 Å². The molecule has 0 spiro atoms. The largest absolute Gasteiger partial charge is 0.352 e. The molecule has 9 heteroatoms. The molecule has 0 aromatic heterocycles. The van der Waals surface area contributed by atoms with Crippen molar-refractivity contribution in [2.45, 2.75) is 144 Å². The van der Waals surface area contributed by atoms with E-state index in [4.69, 9.17) is 0 Å². The van der Waals surface area contributed by atoms with Crippen LogP contribution in [0.1, 0.15) is 108 Å². The quantitative estimate of drug-likeness (QED) is 0.353. The number of piperidine rings is 1. The maximum absolute atomic E-state index is 14.1. The number of nitrogens with one attached hydrogen (secondary N) is 2. The Labute approximate surface area is 255 Å². The van der Waals surface area contributed by atoms with E-state index in [-0.39, 0.29) is 53.7 Å². The lowest BCUT2D eigenvalue weighted by Gasteiger charge is -2.41. The molecule has 3 unspecified atom stereocenters. The molecule has 2 rings (SSSR count). The molecule has 2 aliphatic rings. The minimum Gasteiger partial charge on any atom is -0.352 e. The number of likely N-dealkylation sites (N-methyl/N-ethyl adjacent to an activating group) is 1. The molecule has 2 fully saturated rings. The van der Waals surface area contributed by atoms with Crippen LogP contribution in [-0.4, -0.2) is 94.7 Å². The molecule has 2 aliphatic heterocycles. The molecule has 0 aromatic carbocycles. The Morgan fingerprint density at radius 2 is 1.50 bits per heavy atom. The predicted octanol–water partition coefficient (Wildman–Crippen LogP) is 4.12. The molecule has 240 valence electrons. The molecule has 0 aromatic rings. The zero-order valence-electron chi connectivity index (χ0n) is 28.3. The first-order chi connectivity index (χ1) is 19.5. The zero-order chi connectivity index (χ0) is 31.9. The lowest BCUT2D eigenvalue weighted by molar-refractivity contribution is -0.142. The fourth-order valence-corrected chi connectivity index (χ4v) is 6.12. The highest BCUT2D eigenvalue weighted by Gasteiger charge is 2.40. The Hall–Kier alpha value is -2.42. The summed E-state index contributed by atoms with van der Waals surface area (Å²) in [4.78, 5) is 59.7. The maximum atomic E-state index is 14.1. The third-order valence-corrected chi connectivity index (χ3v) is 8.96. The van der Waals surface area contributed by atoms with Crippen LogP contribution in [0.4, 0.5) is 0 Å². The highest BCUT2D eigenvalue weighted by atomic mass is 16.2. The van der Waals surface area contributed by atoms with Crippen molar-refractivity contribution in [3.63, 3.8) is 0 Å². The zero-order valence-corrected chi connectivity index (χ0v) is 28.3. The first-order valence-electron chi connectivity index (χ1n) is 16.1. The minimum atomic E-state index is -0.719. The molecule has 42 heavy (non-hydrogen) atoms. The van der Waals surface area contributed by atoms with Crippen molar-refractivity contribution in [3.05, 3.63) is 11.6 Å². The summed E-state index contributed by atoms with van der Waals surface area (Å²) >= 11 is 0. The van der Waals surface area contributed by atoms with Gasteiger partial charge in [-0.05, 0) is 77.7 Å². The van der Waals surface area contributed by atoms with Crippen molar-refractivity contribution in [1.29, 1.82) is 0 Å². The molecule has 0 aliphatic carbocycles. The SMILES string of the molecule is CC[C@@H](C)NC(=O)C1CCCN1C(=O)/C(C)=C/[C@H](C(C)C)N(C)C(=O)C(NC(=O)C1CCCCN1C(C)C)C(C)(C)C. The van der Waals surface area contributed by atoms with Gasteiger partial charge in [0.25, 0.3) is 0 Å². The highest BCUT2D eigenvalue weighted by Crippen LogP contribution is 2.27. The van der Waals surface area contributed by atoms with Crippen LogP contribution < -0.4 is 10.6 Å². The first-order valence-corrected chi connectivity index (χ1v) is 16.1. The molecule has 9 nitrogen and oxygen atoms in total. The second kappa shape index (κ2) is 15.3. The smallest absolute Gasteiger partial charge is 0.249 e.